The highest BCUT2D eigenvalue weighted by Crippen LogP contribution is 2.18. The van der Waals surface area contributed by atoms with Crippen molar-refractivity contribution in [3.8, 4) is 0 Å². The second kappa shape index (κ2) is 7.92. The first kappa shape index (κ1) is 20.0. The summed E-state index contributed by atoms with van der Waals surface area (Å²) < 4.78 is 5.74. The number of aromatic nitrogens is 2. The van der Waals surface area contributed by atoms with Crippen LogP contribution in [-0.4, -0.2) is 62.8 Å². The molecule has 142 valence electrons. The number of aliphatic hydroxyl groups is 3. The number of carbonyl (C=O) groups is 1. The molecule has 9 nitrogen and oxygen atoms in total. The molecule has 0 unspecified atom stereocenters. The molecule has 0 amide bonds. The molecule has 0 saturated heterocycles. The third-order valence-corrected chi connectivity index (χ3v) is 4.34. The van der Waals surface area contributed by atoms with Gasteiger partial charge in [0.25, 0.3) is 5.56 Å². The number of aryl methyl sites for hydroxylation is 2. The largest absolute Gasteiger partial charge is 0.464 e. The van der Waals surface area contributed by atoms with Crippen molar-refractivity contribution in [2.24, 2.45) is 5.73 Å². The van der Waals surface area contributed by atoms with E-state index in [1.54, 1.807) is 12.1 Å². The van der Waals surface area contributed by atoms with E-state index in [2.05, 4.69) is 9.72 Å². The normalized spacial score (nSPS) is 14.9. The van der Waals surface area contributed by atoms with E-state index in [0.29, 0.717) is 11.0 Å². The molecule has 0 aliphatic heterocycles. The monoisotopic (exact) mass is 365 g/mol. The highest BCUT2D eigenvalue weighted by atomic mass is 16.5. The molecule has 5 N–H and O–H groups in total. The number of methoxy groups -OCH3 is 1. The molecule has 9 heteroatoms. The van der Waals surface area contributed by atoms with Gasteiger partial charge in [0.15, 0.2) is 0 Å². The van der Waals surface area contributed by atoms with Crippen LogP contribution in [0.3, 0.4) is 0 Å². The maximum absolute atomic E-state index is 12.7. The second-order valence-electron chi connectivity index (χ2n) is 6.15. The highest BCUT2D eigenvalue weighted by Gasteiger charge is 2.26. The molecule has 0 spiro atoms. The van der Waals surface area contributed by atoms with Crippen molar-refractivity contribution in [3.05, 3.63) is 39.3 Å². The van der Waals surface area contributed by atoms with Crippen LogP contribution < -0.4 is 11.3 Å². The van der Waals surface area contributed by atoms with Gasteiger partial charge in [-0.1, -0.05) is 0 Å². The predicted molar refractivity (Wildman–Crippen MR) is 93.9 cm³/mol. The van der Waals surface area contributed by atoms with E-state index in [1.807, 2.05) is 13.8 Å². The van der Waals surface area contributed by atoms with Crippen LogP contribution in [0.15, 0.2) is 16.9 Å². The quantitative estimate of drug-likeness (QED) is 0.469. The van der Waals surface area contributed by atoms with E-state index in [1.165, 1.54) is 0 Å². The Bertz CT molecular complexity index is 879. The van der Waals surface area contributed by atoms with Crippen LogP contribution in [0, 0.1) is 13.8 Å². The van der Waals surface area contributed by atoms with Gasteiger partial charge in [0.05, 0.1) is 30.8 Å². The first-order valence-electron chi connectivity index (χ1n) is 8.05. The van der Waals surface area contributed by atoms with Crippen LogP contribution in [-0.2, 0) is 11.3 Å². The number of carbonyl (C=O) groups excluding carboxylic acids is 1. The number of esters is 1. The summed E-state index contributed by atoms with van der Waals surface area (Å²) in [5.41, 5.74) is 6.64. The second-order valence-corrected chi connectivity index (χ2v) is 6.15. The Morgan fingerprint density at radius 1 is 1.23 bits per heavy atom. The van der Waals surface area contributed by atoms with Crippen molar-refractivity contribution in [2.75, 3.05) is 13.7 Å². The van der Waals surface area contributed by atoms with E-state index < -0.39 is 35.5 Å². The number of ether oxygens (including phenoxy) is 1. The minimum Gasteiger partial charge on any atom is -0.464 e. The topological polar surface area (TPSA) is 148 Å². The van der Waals surface area contributed by atoms with Crippen molar-refractivity contribution in [3.63, 3.8) is 0 Å². The minimum absolute atomic E-state index is 0.254. The standard InChI is InChI=1S/C17H23N3O6/c1-8-4-10-11(5-9(8)2)20(7-13(22)15(23)12(21)6-18)16(24)14(19-10)17(25)26-3/h4-5,12-13,15,21-23H,6-7,18H2,1-3H3/t12-,13+,15-/m1/s1. The fourth-order valence-electron chi connectivity index (χ4n) is 2.60. The zero-order chi connectivity index (χ0) is 19.6. The Balaban J connectivity index is 2.65. The third-order valence-electron chi connectivity index (χ3n) is 4.34. The van der Waals surface area contributed by atoms with Crippen LogP contribution in [0.4, 0.5) is 0 Å². The first-order valence-corrected chi connectivity index (χ1v) is 8.05. The molecule has 26 heavy (non-hydrogen) atoms. The predicted octanol–water partition coefficient (Wildman–Crippen LogP) is -1.16. The van der Waals surface area contributed by atoms with Gasteiger partial charge >= 0.3 is 5.97 Å². The molecular formula is C17H23N3O6. The van der Waals surface area contributed by atoms with Crippen molar-refractivity contribution in [1.29, 1.82) is 0 Å². The molecule has 0 fully saturated rings. The lowest BCUT2D eigenvalue weighted by molar-refractivity contribution is -0.0605. The van der Waals surface area contributed by atoms with Gasteiger partial charge in [0, 0.05) is 6.54 Å². The number of nitrogens with two attached hydrogens (primary N) is 1. The van der Waals surface area contributed by atoms with E-state index >= 15 is 0 Å². The Morgan fingerprint density at radius 2 is 1.85 bits per heavy atom. The number of fused-ring (bicyclic) bond motifs is 1. The summed E-state index contributed by atoms with van der Waals surface area (Å²) in [5.74, 6) is -0.902. The number of benzene rings is 1. The molecule has 1 aromatic carbocycles. The molecule has 1 heterocycles. The number of hydrogen-bond donors (Lipinski definition) is 4. The molecule has 0 radical (unpaired) electrons. The van der Waals surface area contributed by atoms with Crippen molar-refractivity contribution >= 4 is 17.0 Å². The summed E-state index contributed by atoms with van der Waals surface area (Å²) in [5, 5.41) is 29.7. The summed E-state index contributed by atoms with van der Waals surface area (Å²) in [6.45, 7) is 3.10. The van der Waals surface area contributed by atoms with Crippen molar-refractivity contribution in [1.82, 2.24) is 9.55 Å². The summed E-state index contributed by atoms with van der Waals surface area (Å²) in [7, 11) is 1.13. The highest BCUT2D eigenvalue weighted by molar-refractivity contribution is 5.89. The molecule has 2 aromatic rings. The van der Waals surface area contributed by atoms with Crippen LogP contribution in [0.1, 0.15) is 21.6 Å². The SMILES string of the molecule is COC(=O)c1nc2cc(C)c(C)cc2n(C[C@H](O)[C@H](O)[C@H](O)CN)c1=O. The Hall–Kier alpha value is -2.33. The molecule has 0 bridgehead atoms. The fourth-order valence-corrected chi connectivity index (χ4v) is 2.60. The van der Waals surface area contributed by atoms with Gasteiger partial charge in [-0.05, 0) is 37.1 Å². The molecular weight excluding hydrogens is 342 g/mol. The molecule has 3 atom stereocenters. The average molecular weight is 365 g/mol. The lowest BCUT2D eigenvalue weighted by atomic mass is 10.1. The smallest absolute Gasteiger partial charge is 0.362 e. The number of aliphatic hydroxyl groups excluding tert-OH is 3. The van der Waals surface area contributed by atoms with Gasteiger partial charge in [-0.3, -0.25) is 4.79 Å². The van der Waals surface area contributed by atoms with Crippen molar-refractivity contribution < 1.29 is 24.9 Å². The number of rotatable bonds is 6. The maximum atomic E-state index is 12.7. The molecule has 0 saturated carbocycles. The zero-order valence-corrected chi connectivity index (χ0v) is 14.8. The van der Waals surface area contributed by atoms with Crippen LogP contribution in [0.5, 0.6) is 0 Å². The molecule has 2 rings (SSSR count). The molecule has 1 aromatic heterocycles. The van der Waals surface area contributed by atoms with Gasteiger partial charge in [0.1, 0.15) is 12.2 Å². The fraction of sp³-hybridized carbons (Fsp3) is 0.471. The Morgan fingerprint density at radius 3 is 2.42 bits per heavy atom. The van der Waals surface area contributed by atoms with Gasteiger partial charge in [-0.25, -0.2) is 9.78 Å². The van der Waals surface area contributed by atoms with Gasteiger partial charge in [0.2, 0.25) is 5.69 Å². The molecule has 0 aliphatic carbocycles. The number of hydrogen-bond acceptors (Lipinski definition) is 8. The van der Waals surface area contributed by atoms with E-state index in [-0.39, 0.29) is 13.1 Å². The van der Waals surface area contributed by atoms with E-state index in [4.69, 9.17) is 5.73 Å². The Kier molecular flexibility index (Phi) is 6.09. The minimum atomic E-state index is -1.55. The lowest BCUT2D eigenvalue weighted by Gasteiger charge is -2.23. The van der Waals surface area contributed by atoms with E-state index in [9.17, 15) is 24.9 Å². The lowest BCUT2D eigenvalue weighted by Crippen LogP contribution is -2.45. The Labute approximate surface area is 149 Å². The maximum Gasteiger partial charge on any atom is 0.362 e. The van der Waals surface area contributed by atoms with Crippen LogP contribution in [0.25, 0.3) is 11.0 Å². The third kappa shape index (κ3) is 3.75. The summed E-state index contributed by atoms with van der Waals surface area (Å²) in [6.07, 6.45) is -4.38. The van der Waals surface area contributed by atoms with E-state index in [0.717, 1.165) is 22.8 Å². The van der Waals surface area contributed by atoms with Gasteiger partial charge in [-0.2, -0.15) is 0 Å². The summed E-state index contributed by atoms with van der Waals surface area (Å²) in [4.78, 5) is 28.7. The van der Waals surface area contributed by atoms with Gasteiger partial charge < -0.3 is 30.4 Å². The molecule has 0 aliphatic rings. The average Bonchev–Trinajstić information content (AvgIpc) is 2.63. The number of nitrogens with zero attached hydrogens (tertiary/aromatic N) is 2. The van der Waals surface area contributed by atoms with Gasteiger partial charge in [-0.15, -0.1) is 0 Å². The summed E-state index contributed by atoms with van der Waals surface area (Å²) >= 11 is 0. The van der Waals surface area contributed by atoms with Crippen LogP contribution in [0.2, 0.25) is 0 Å². The first-order chi connectivity index (χ1) is 12.2. The zero-order valence-electron chi connectivity index (χ0n) is 14.8. The van der Waals surface area contributed by atoms with Crippen molar-refractivity contribution in [2.45, 2.75) is 38.7 Å². The summed E-state index contributed by atoms with van der Waals surface area (Å²) in [6, 6.07) is 3.42. The van der Waals surface area contributed by atoms with Crippen LogP contribution >= 0.6 is 0 Å².